The number of aromatic nitrogens is 4. The van der Waals surface area contributed by atoms with Crippen LogP contribution in [-0.4, -0.2) is 69.6 Å². The van der Waals surface area contributed by atoms with E-state index >= 15 is 0 Å². The Hall–Kier alpha value is -2.80. The van der Waals surface area contributed by atoms with Gasteiger partial charge in [0.25, 0.3) is 7.52 Å². The number of carbonyl (C=O) groups excluding carboxylic acids is 2. The molecule has 0 aromatic carbocycles. The van der Waals surface area contributed by atoms with Gasteiger partial charge in [-0.3, -0.25) is 13.9 Å². The first-order valence-corrected chi connectivity index (χ1v) is 12.9. The van der Waals surface area contributed by atoms with Crippen LogP contribution in [0, 0.1) is 0 Å². The van der Waals surface area contributed by atoms with E-state index in [4.69, 9.17) is 29.2 Å². The minimum absolute atomic E-state index is 0.223. The van der Waals surface area contributed by atoms with Crippen molar-refractivity contribution < 1.29 is 37.6 Å². The Morgan fingerprint density at radius 1 is 1.17 bits per heavy atom. The highest BCUT2D eigenvalue weighted by atomic mass is 31.2. The highest BCUT2D eigenvalue weighted by Crippen LogP contribution is 2.43. The lowest BCUT2D eigenvalue weighted by atomic mass is 10.4. The molecule has 14 nitrogen and oxygen atoms in total. The van der Waals surface area contributed by atoms with Gasteiger partial charge >= 0.3 is 12.1 Å². The first-order valence-electron chi connectivity index (χ1n) is 11.1. The second-order valence-electron chi connectivity index (χ2n) is 7.93. The molecule has 15 heteroatoms. The third-order valence-corrected chi connectivity index (χ3v) is 6.17. The lowest BCUT2D eigenvalue weighted by Gasteiger charge is -2.24. The van der Waals surface area contributed by atoms with Gasteiger partial charge in [0.15, 0.2) is 11.5 Å². The van der Waals surface area contributed by atoms with Crippen LogP contribution in [0.15, 0.2) is 12.7 Å². The summed E-state index contributed by atoms with van der Waals surface area (Å²) in [4.78, 5) is 36.0. The zero-order valence-corrected chi connectivity index (χ0v) is 21.4. The van der Waals surface area contributed by atoms with Gasteiger partial charge in [0, 0.05) is 0 Å². The molecule has 0 saturated carbocycles. The zero-order valence-electron chi connectivity index (χ0n) is 20.5. The number of nitrogens with two attached hydrogens (primary N) is 1. The monoisotopic (exact) mass is 516 g/mol. The van der Waals surface area contributed by atoms with Crippen molar-refractivity contribution in [2.75, 3.05) is 25.5 Å². The molecule has 196 valence electrons. The molecule has 3 atom stereocenters. The van der Waals surface area contributed by atoms with Crippen LogP contribution >= 0.6 is 7.52 Å². The number of nitrogens with zero attached hydrogens (tertiary/aromatic N) is 4. The Balaban J connectivity index is 2.02. The average molecular weight is 516 g/mol. The topological polar surface area (TPSA) is 179 Å². The van der Waals surface area contributed by atoms with Crippen molar-refractivity contribution in [3.05, 3.63) is 12.7 Å². The summed E-state index contributed by atoms with van der Waals surface area (Å²) < 4.78 is 40.9. The number of nitrogens with one attached hydrogen (secondary N) is 1. The van der Waals surface area contributed by atoms with Crippen LogP contribution in [0.1, 0.15) is 41.0 Å². The van der Waals surface area contributed by atoms with E-state index in [1.165, 1.54) is 13.3 Å². The minimum atomic E-state index is -3.83. The molecule has 0 aliphatic rings. The molecule has 1 unspecified atom stereocenters. The van der Waals surface area contributed by atoms with Crippen LogP contribution in [0.25, 0.3) is 11.2 Å². The van der Waals surface area contributed by atoms with Crippen molar-refractivity contribution in [2.45, 2.75) is 65.8 Å². The molecular formula is C20H33N6O8P. The van der Waals surface area contributed by atoms with Gasteiger partial charge in [-0.15, -0.1) is 0 Å². The molecule has 0 fully saturated rings. The molecule has 2 rings (SSSR count). The summed E-state index contributed by atoms with van der Waals surface area (Å²) in [7, 11) is -3.83. The molecule has 0 spiro atoms. The summed E-state index contributed by atoms with van der Waals surface area (Å²) in [6.45, 7) is 8.23. The number of esters is 1. The van der Waals surface area contributed by atoms with Crippen LogP contribution in [-0.2, 0) is 39.4 Å². The predicted octanol–water partition coefficient (Wildman–Crippen LogP) is 2.43. The van der Waals surface area contributed by atoms with Crippen molar-refractivity contribution in [3.8, 4) is 0 Å². The smallest absolute Gasteiger partial charge is 0.465 e. The van der Waals surface area contributed by atoms with E-state index in [0.717, 1.165) is 0 Å². The molecule has 0 aliphatic carbocycles. The Kier molecular flexibility index (Phi) is 10.8. The van der Waals surface area contributed by atoms with E-state index in [1.54, 1.807) is 31.7 Å². The largest absolute Gasteiger partial charge is 0.510 e. The van der Waals surface area contributed by atoms with Crippen molar-refractivity contribution in [1.82, 2.24) is 24.6 Å². The van der Waals surface area contributed by atoms with Gasteiger partial charge in [-0.1, -0.05) is 6.92 Å². The number of ether oxygens (including phenoxy) is 4. The van der Waals surface area contributed by atoms with E-state index in [9.17, 15) is 14.2 Å². The molecule has 2 aromatic rings. The maximum atomic E-state index is 13.4. The standard InChI is InChI=1S/C20H33N6O8P/c1-6-7-30-19(27)15(5)25-35(29,33-11-31-20(28)34-13(2)3)12-32-14(4)8-26-10-24-16-17(21)22-9-23-18(16)26/h9-10,13-15H,6-8,11-12H2,1-5H3,(H,25,29)(H2,21,22,23)/t14-,15+,35?/m1/s1. The fourth-order valence-corrected chi connectivity index (χ4v) is 4.35. The van der Waals surface area contributed by atoms with Crippen molar-refractivity contribution in [3.63, 3.8) is 0 Å². The number of anilines is 1. The third kappa shape index (κ3) is 9.06. The van der Waals surface area contributed by atoms with E-state index in [0.29, 0.717) is 24.1 Å². The number of nitrogen functional groups attached to an aromatic ring is 1. The summed E-state index contributed by atoms with van der Waals surface area (Å²) in [5.74, 6) is -0.352. The minimum Gasteiger partial charge on any atom is -0.465 e. The SMILES string of the molecule is CCCOC(=O)[C@H](C)NP(=O)(CO[C@H](C)Cn1cnc2c(N)ncnc21)OCOC(=O)OC(C)C. The predicted molar refractivity (Wildman–Crippen MR) is 125 cm³/mol. The van der Waals surface area contributed by atoms with Gasteiger partial charge in [0.2, 0.25) is 6.79 Å². The van der Waals surface area contributed by atoms with Crippen molar-refractivity contribution in [1.29, 1.82) is 0 Å². The van der Waals surface area contributed by atoms with Crippen LogP contribution in [0.3, 0.4) is 0 Å². The number of imidazole rings is 1. The van der Waals surface area contributed by atoms with Crippen LogP contribution in [0.4, 0.5) is 10.6 Å². The van der Waals surface area contributed by atoms with Gasteiger partial charge in [-0.2, -0.15) is 0 Å². The number of hydrogen-bond donors (Lipinski definition) is 2. The van der Waals surface area contributed by atoms with Gasteiger partial charge in [-0.25, -0.2) is 24.8 Å². The third-order valence-electron chi connectivity index (χ3n) is 4.37. The fraction of sp³-hybridized carbons (Fsp3) is 0.650. The molecule has 2 heterocycles. The summed E-state index contributed by atoms with van der Waals surface area (Å²) >= 11 is 0. The van der Waals surface area contributed by atoms with Crippen molar-refractivity contribution in [2.24, 2.45) is 0 Å². The Bertz CT molecular complexity index is 1030. The summed E-state index contributed by atoms with van der Waals surface area (Å²) in [6.07, 6.45) is 1.23. The number of carbonyl (C=O) groups is 2. The van der Waals surface area contributed by atoms with E-state index in [-0.39, 0.29) is 12.4 Å². The Labute approximate surface area is 203 Å². The lowest BCUT2D eigenvalue weighted by Crippen LogP contribution is -2.35. The first-order chi connectivity index (χ1) is 16.5. The summed E-state index contributed by atoms with van der Waals surface area (Å²) in [6, 6.07) is -0.967. The van der Waals surface area contributed by atoms with E-state index < -0.39 is 51.0 Å². The van der Waals surface area contributed by atoms with Crippen molar-refractivity contribution >= 4 is 36.6 Å². The molecule has 2 aromatic heterocycles. The molecule has 0 amide bonds. The molecular weight excluding hydrogens is 483 g/mol. The highest BCUT2D eigenvalue weighted by molar-refractivity contribution is 7.56. The summed E-state index contributed by atoms with van der Waals surface area (Å²) in [5, 5.41) is 2.61. The average Bonchev–Trinajstić information content (AvgIpc) is 3.19. The first kappa shape index (κ1) is 28.4. The molecule has 0 saturated heterocycles. The van der Waals surface area contributed by atoms with E-state index in [2.05, 4.69) is 20.0 Å². The quantitative estimate of drug-likeness (QED) is 0.213. The lowest BCUT2D eigenvalue weighted by molar-refractivity contribution is -0.145. The summed E-state index contributed by atoms with van der Waals surface area (Å²) in [5.41, 5.74) is 6.79. The van der Waals surface area contributed by atoms with Crippen LogP contribution in [0.2, 0.25) is 0 Å². The van der Waals surface area contributed by atoms with Gasteiger partial charge < -0.3 is 29.2 Å². The van der Waals surface area contributed by atoms with Gasteiger partial charge in [0.1, 0.15) is 24.2 Å². The maximum Gasteiger partial charge on any atom is 0.510 e. The molecule has 0 radical (unpaired) electrons. The highest BCUT2D eigenvalue weighted by Gasteiger charge is 2.31. The second kappa shape index (κ2) is 13.3. The number of hydrogen-bond acceptors (Lipinski definition) is 12. The normalized spacial score (nSPS) is 14.9. The number of fused-ring (bicyclic) bond motifs is 1. The molecule has 3 N–H and O–H groups in total. The Morgan fingerprint density at radius 3 is 2.60 bits per heavy atom. The molecule has 0 bridgehead atoms. The fourth-order valence-electron chi connectivity index (χ4n) is 2.76. The van der Waals surface area contributed by atoms with E-state index in [1.807, 2.05) is 6.92 Å². The van der Waals surface area contributed by atoms with Crippen LogP contribution in [0.5, 0.6) is 0 Å². The Morgan fingerprint density at radius 2 is 1.91 bits per heavy atom. The number of rotatable bonds is 14. The molecule has 35 heavy (non-hydrogen) atoms. The molecule has 0 aliphatic heterocycles. The van der Waals surface area contributed by atoms with Crippen LogP contribution < -0.4 is 10.8 Å². The van der Waals surface area contributed by atoms with Gasteiger partial charge in [-0.05, 0) is 34.1 Å². The maximum absolute atomic E-state index is 13.4. The zero-order chi connectivity index (χ0) is 26.0. The van der Waals surface area contributed by atoms with Gasteiger partial charge in [0.05, 0.1) is 31.7 Å². The second-order valence-corrected chi connectivity index (χ2v) is 10.1.